The number of hydrogen-bond acceptors (Lipinski definition) is 3. The van der Waals surface area contributed by atoms with Crippen molar-refractivity contribution in [1.29, 1.82) is 0 Å². The zero-order chi connectivity index (χ0) is 23.2. The lowest BCUT2D eigenvalue weighted by atomic mass is 9.93. The molecule has 0 aliphatic heterocycles. The van der Waals surface area contributed by atoms with E-state index in [1.807, 2.05) is 60.8 Å². The molecule has 0 fully saturated rings. The Balaban J connectivity index is 1.54. The highest BCUT2D eigenvalue weighted by Crippen LogP contribution is 2.40. The van der Waals surface area contributed by atoms with Gasteiger partial charge in [-0.1, -0.05) is 91.0 Å². The average molecular weight is 449 g/mol. The molecule has 0 N–H and O–H groups in total. The standard InChI is InChI=1S/C32H20N2O/c1-3-10-21(11-4-1)26-18-23(19-28-27(26)20-33-32(34-28)22-12-5-2-6-13-22)24-15-9-17-30-31(24)25-14-7-8-16-29(25)35-30/h1-20H. The first kappa shape index (κ1) is 19.7. The van der Waals surface area contributed by atoms with Crippen LogP contribution in [0, 0.1) is 0 Å². The van der Waals surface area contributed by atoms with Crippen molar-refractivity contribution < 1.29 is 4.42 Å². The highest BCUT2D eigenvalue weighted by Gasteiger charge is 2.16. The first-order chi connectivity index (χ1) is 17.3. The van der Waals surface area contributed by atoms with E-state index in [0.29, 0.717) is 0 Å². The van der Waals surface area contributed by atoms with E-state index < -0.39 is 0 Å². The summed E-state index contributed by atoms with van der Waals surface area (Å²) in [7, 11) is 0. The van der Waals surface area contributed by atoms with Crippen LogP contribution in [0.1, 0.15) is 0 Å². The molecule has 0 radical (unpaired) electrons. The van der Waals surface area contributed by atoms with Gasteiger partial charge in [0.2, 0.25) is 0 Å². The number of aromatic nitrogens is 2. The summed E-state index contributed by atoms with van der Waals surface area (Å²) in [6.45, 7) is 0. The molecule has 2 aromatic heterocycles. The number of benzene rings is 5. The molecule has 0 saturated heterocycles. The van der Waals surface area contributed by atoms with Crippen LogP contribution in [-0.4, -0.2) is 9.97 Å². The lowest BCUT2D eigenvalue weighted by Gasteiger charge is -2.12. The van der Waals surface area contributed by atoms with Crippen LogP contribution in [0.4, 0.5) is 0 Å². The molecular formula is C32H20N2O. The average Bonchev–Trinajstić information content (AvgIpc) is 3.32. The normalized spacial score (nSPS) is 11.4. The quantitative estimate of drug-likeness (QED) is 0.272. The van der Waals surface area contributed by atoms with E-state index >= 15 is 0 Å². The lowest BCUT2D eigenvalue weighted by Crippen LogP contribution is -1.93. The zero-order valence-electron chi connectivity index (χ0n) is 18.8. The number of fused-ring (bicyclic) bond motifs is 4. The summed E-state index contributed by atoms with van der Waals surface area (Å²) in [5.41, 5.74) is 8.19. The summed E-state index contributed by atoms with van der Waals surface area (Å²) in [6, 6.07) is 39.5. The van der Waals surface area contributed by atoms with Gasteiger partial charge in [0.15, 0.2) is 5.82 Å². The molecule has 5 aromatic carbocycles. The summed E-state index contributed by atoms with van der Waals surface area (Å²) in [5.74, 6) is 0.723. The van der Waals surface area contributed by atoms with Crippen molar-refractivity contribution in [1.82, 2.24) is 9.97 Å². The summed E-state index contributed by atoms with van der Waals surface area (Å²) in [4.78, 5) is 9.74. The van der Waals surface area contributed by atoms with E-state index in [2.05, 4.69) is 60.7 Å². The van der Waals surface area contributed by atoms with E-state index in [1.54, 1.807) is 0 Å². The Bertz CT molecular complexity index is 1840. The predicted molar refractivity (Wildman–Crippen MR) is 143 cm³/mol. The Morgan fingerprint density at radius 2 is 1.23 bits per heavy atom. The van der Waals surface area contributed by atoms with Gasteiger partial charge < -0.3 is 4.42 Å². The van der Waals surface area contributed by atoms with Crippen LogP contribution in [0.2, 0.25) is 0 Å². The third kappa shape index (κ3) is 3.29. The van der Waals surface area contributed by atoms with Crippen molar-refractivity contribution >= 4 is 32.8 Å². The van der Waals surface area contributed by atoms with Crippen molar-refractivity contribution in [3.63, 3.8) is 0 Å². The monoisotopic (exact) mass is 448 g/mol. The van der Waals surface area contributed by atoms with Crippen LogP contribution in [0.5, 0.6) is 0 Å². The van der Waals surface area contributed by atoms with Crippen LogP contribution in [0.25, 0.3) is 66.5 Å². The van der Waals surface area contributed by atoms with Crippen molar-refractivity contribution in [3.05, 3.63) is 121 Å². The van der Waals surface area contributed by atoms with Gasteiger partial charge in [-0.2, -0.15) is 0 Å². The van der Waals surface area contributed by atoms with E-state index in [-0.39, 0.29) is 0 Å². The van der Waals surface area contributed by atoms with Gasteiger partial charge in [-0.3, -0.25) is 0 Å². The van der Waals surface area contributed by atoms with Gasteiger partial charge in [0.25, 0.3) is 0 Å². The molecule has 0 bridgehead atoms. The van der Waals surface area contributed by atoms with Gasteiger partial charge in [0, 0.05) is 27.9 Å². The fourth-order valence-electron chi connectivity index (χ4n) is 4.89. The Kier molecular flexibility index (Phi) is 4.46. The second-order valence-electron chi connectivity index (χ2n) is 8.66. The summed E-state index contributed by atoms with van der Waals surface area (Å²) >= 11 is 0. The van der Waals surface area contributed by atoms with Crippen LogP contribution < -0.4 is 0 Å². The summed E-state index contributed by atoms with van der Waals surface area (Å²) in [6.07, 6.45) is 1.95. The van der Waals surface area contributed by atoms with Gasteiger partial charge in [-0.15, -0.1) is 0 Å². The molecule has 0 spiro atoms. The second-order valence-corrected chi connectivity index (χ2v) is 8.66. The Hall–Kier alpha value is -4.76. The van der Waals surface area contributed by atoms with Gasteiger partial charge >= 0.3 is 0 Å². The summed E-state index contributed by atoms with van der Waals surface area (Å²) in [5, 5.41) is 3.27. The van der Waals surface area contributed by atoms with Crippen molar-refractivity contribution in [2.24, 2.45) is 0 Å². The van der Waals surface area contributed by atoms with Crippen LogP contribution in [0.3, 0.4) is 0 Å². The minimum atomic E-state index is 0.723. The number of furan rings is 1. The predicted octanol–water partition coefficient (Wildman–Crippen LogP) is 8.53. The van der Waals surface area contributed by atoms with E-state index in [1.165, 1.54) is 0 Å². The van der Waals surface area contributed by atoms with Crippen LogP contribution >= 0.6 is 0 Å². The largest absolute Gasteiger partial charge is 0.456 e. The lowest BCUT2D eigenvalue weighted by molar-refractivity contribution is 0.669. The highest BCUT2D eigenvalue weighted by atomic mass is 16.3. The van der Waals surface area contributed by atoms with Crippen molar-refractivity contribution in [3.8, 4) is 33.6 Å². The minimum absolute atomic E-state index is 0.723. The fraction of sp³-hybridized carbons (Fsp3) is 0. The van der Waals surface area contributed by atoms with Gasteiger partial charge in [0.1, 0.15) is 11.2 Å². The molecular weight excluding hydrogens is 428 g/mol. The molecule has 7 aromatic rings. The fourth-order valence-corrected chi connectivity index (χ4v) is 4.89. The molecule has 3 nitrogen and oxygen atoms in total. The Morgan fingerprint density at radius 3 is 2.06 bits per heavy atom. The second kappa shape index (κ2) is 7.93. The van der Waals surface area contributed by atoms with Gasteiger partial charge in [-0.25, -0.2) is 9.97 Å². The number of hydrogen-bond donors (Lipinski definition) is 0. The topological polar surface area (TPSA) is 38.9 Å². The molecule has 0 saturated carbocycles. The van der Waals surface area contributed by atoms with Crippen LogP contribution in [0.15, 0.2) is 126 Å². The first-order valence-corrected chi connectivity index (χ1v) is 11.7. The molecule has 2 heterocycles. The van der Waals surface area contributed by atoms with Crippen molar-refractivity contribution in [2.45, 2.75) is 0 Å². The Morgan fingerprint density at radius 1 is 0.514 bits per heavy atom. The third-order valence-electron chi connectivity index (χ3n) is 6.53. The maximum atomic E-state index is 6.17. The smallest absolute Gasteiger partial charge is 0.159 e. The van der Waals surface area contributed by atoms with Gasteiger partial charge in [-0.05, 0) is 46.5 Å². The Labute approximate surface area is 202 Å². The van der Waals surface area contributed by atoms with Gasteiger partial charge in [0.05, 0.1) is 5.52 Å². The maximum Gasteiger partial charge on any atom is 0.159 e. The molecule has 0 unspecified atom stereocenters. The molecule has 0 aliphatic carbocycles. The minimum Gasteiger partial charge on any atom is -0.456 e. The highest BCUT2D eigenvalue weighted by molar-refractivity contribution is 6.13. The molecule has 0 amide bonds. The molecule has 7 rings (SSSR count). The van der Waals surface area contributed by atoms with E-state index in [0.717, 1.165) is 66.5 Å². The summed E-state index contributed by atoms with van der Waals surface area (Å²) < 4.78 is 6.17. The number of rotatable bonds is 3. The zero-order valence-corrected chi connectivity index (χ0v) is 18.8. The molecule has 35 heavy (non-hydrogen) atoms. The third-order valence-corrected chi connectivity index (χ3v) is 6.53. The molecule has 3 heteroatoms. The van der Waals surface area contributed by atoms with E-state index in [9.17, 15) is 0 Å². The van der Waals surface area contributed by atoms with Crippen LogP contribution in [-0.2, 0) is 0 Å². The van der Waals surface area contributed by atoms with Crippen molar-refractivity contribution in [2.75, 3.05) is 0 Å². The number of nitrogens with zero attached hydrogens (tertiary/aromatic N) is 2. The SMILES string of the molecule is c1ccc(-c2ncc3c(-c4ccccc4)cc(-c4cccc5oc6ccccc6c45)cc3n2)cc1. The first-order valence-electron chi connectivity index (χ1n) is 11.7. The maximum absolute atomic E-state index is 6.17. The molecule has 164 valence electrons. The number of para-hydroxylation sites is 1. The van der Waals surface area contributed by atoms with E-state index in [4.69, 9.17) is 14.4 Å². The molecule has 0 atom stereocenters. The molecule has 0 aliphatic rings.